The van der Waals surface area contributed by atoms with Crippen LogP contribution in [-0.2, 0) is 119 Å². The number of aliphatic hydroxyl groups excluding tert-OH is 16. The van der Waals surface area contributed by atoms with Gasteiger partial charge in [-0.3, -0.25) is 19.2 Å². The lowest BCUT2D eigenvalue weighted by atomic mass is 9.98. The van der Waals surface area contributed by atoms with Gasteiger partial charge in [-0.05, 0) is 97.1 Å². The fraction of sp³-hybridized carbons (Fsp3) is 0.520. The van der Waals surface area contributed by atoms with Crippen LogP contribution in [-0.4, -0.2) is 359 Å². The van der Waals surface area contributed by atoms with Crippen molar-refractivity contribution in [2.24, 2.45) is 0 Å². The Morgan fingerprint density at radius 2 is 0.568 bits per heavy atom. The van der Waals surface area contributed by atoms with Crippen LogP contribution in [0.3, 0.4) is 0 Å². The van der Waals surface area contributed by atoms with Crippen LogP contribution in [0.5, 0.6) is 23.0 Å². The molecule has 4 aromatic carbocycles. The number of carbonyl (C=O) groups excluding carboxylic acids is 4. The minimum atomic E-state index is -1.68. The normalized spacial score (nSPS) is 29.9. The maximum atomic E-state index is 13.5. The molecule has 5 aliphatic rings. The average molecular weight is 1760 g/mol. The van der Waals surface area contributed by atoms with Gasteiger partial charge in [0.15, 0.2) is 6.29 Å². The molecule has 9 heterocycles. The van der Waals surface area contributed by atoms with E-state index >= 15 is 0 Å². The van der Waals surface area contributed by atoms with Gasteiger partial charge in [0.2, 0.25) is 48.8 Å². The molecule has 4 amide bonds. The highest BCUT2D eigenvalue weighted by atomic mass is 16.7. The maximum Gasteiger partial charge on any atom is 0.246 e. The van der Waals surface area contributed by atoms with Crippen molar-refractivity contribution < 1.29 is 167 Å². The lowest BCUT2D eigenvalue weighted by Crippen LogP contribution is -2.61. The van der Waals surface area contributed by atoms with Crippen molar-refractivity contribution in [2.75, 3.05) is 61.4 Å². The average Bonchev–Trinajstić information content (AvgIpc) is 1.23. The highest BCUT2D eigenvalue weighted by molar-refractivity contribution is 5.92. The number of ether oxygens (including phenoxy) is 14. The monoisotopic (exact) mass is 1760 g/mol. The summed E-state index contributed by atoms with van der Waals surface area (Å²) in [5, 5.41) is 206. The van der Waals surface area contributed by atoms with Crippen LogP contribution in [0.25, 0.3) is 0 Å². The molecule has 0 spiro atoms. The summed E-state index contributed by atoms with van der Waals surface area (Å²) in [7, 11) is 1.33. The molecule has 0 radical (unpaired) electrons. The number of hydrogen-bond acceptors (Lipinski definition) is 42. The smallest absolute Gasteiger partial charge is 0.246 e. The largest absolute Gasteiger partial charge is 0.462 e. The van der Waals surface area contributed by atoms with Crippen molar-refractivity contribution in [3.63, 3.8) is 0 Å². The van der Waals surface area contributed by atoms with E-state index in [1.54, 1.807) is 0 Å². The fourth-order valence-electron chi connectivity index (χ4n) is 13.6. The zero-order valence-corrected chi connectivity index (χ0v) is 66.0. The van der Waals surface area contributed by atoms with Gasteiger partial charge in [0.05, 0.1) is 84.2 Å². The summed E-state index contributed by atoms with van der Waals surface area (Å²) in [5.41, 5.74) is 1.98. The lowest BCUT2D eigenvalue weighted by Gasteiger charge is -2.45. The van der Waals surface area contributed by atoms with E-state index < -0.39 is 204 Å². The molecule has 13 rings (SSSR count). The van der Waals surface area contributed by atoms with Crippen LogP contribution in [0.2, 0.25) is 0 Å². The van der Waals surface area contributed by atoms with Gasteiger partial charge < -0.3 is 169 Å². The van der Waals surface area contributed by atoms with Gasteiger partial charge in [-0.25, -0.2) is 18.7 Å². The Bertz CT molecular complexity index is 4760. The number of hydrogen-bond donors (Lipinski definition) is 20. The molecule has 50 nitrogen and oxygen atoms in total. The van der Waals surface area contributed by atoms with Crippen molar-refractivity contribution in [1.29, 1.82) is 0 Å². The number of aliphatic hydroxyl groups is 16. The lowest BCUT2D eigenvalue weighted by molar-refractivity contribution is -0.323. The second kappa shape index (κ2) is 42.6. The molecule has 50 heteroatoms. The van der Waals surface area contributed by atoms with Gasteiger partial charge in [-0.1, -0.05) is 20.9 Å². The van der Waals surface area contributed by atoms with Crippen molar-refractivity contribution in [1.82, 2.24) is 60.0 Å². The Morgan fingerprint density at radius 1 is 0.320 bits per heavy atom. The van der Waals surface area contributed by atoms with Gasteiger partial charge in [0.25, 0.3) is 0 Å². The third-order valence-corrected chi connectivity index (χ3v) is 20.1. The molecule has 4 aromatic heterocycles. The molecule has 20 N–H and O–H groups in total. The van der Waals surface area contributed by atoms with Gasteiger partial charge in [-0.2, -0.15) is 0 Å². The van der Waals surface area contributed by atoms with E-state index in [2.05, 4.69) is 62.5 Å². The number of benzene rings is 4. The molecule has 0 unspecified atom stereocenters. The summed E-state index contributed by atoms with van der Waals surface area (Å²) in [5.74, 6) is -1.66. The molecule has 5 aliphatic heterocycles. The number of anilines is 4. The Hall–Kier alpha value is -10.5. The van der Waals surface area contributed by atoms with Crippen LogP contribution in [0.4, 0.5) is 22.7 Å². The van der Waals surface area contributed by atoms with Crippen LogP contribution < -0.4 is 40.2 Å². The molecule has 0 bridgehead atoms. The van der Waals surface area contributed by atoms with Crippen molar-refractivity contribution in [3.8, 4) is 23.0 Å². The highest BCUT2D eigenvalue weighted by Gasteiger charge is 2.51. The molecular weight excluding hydrogens is 1670 g/mol. The summed E-state index contributed by atoms with van der Waals surface area (Å²) in [6.07, 6.45) is -31.1. The van der Waals surface area contributed by atoms with Gasteiger partial charge in [0.1, 0.15) is 194 Å². The Balaban J connectivity index is 0.697. The number of nitrogens with zero attached hydrogens (tertiary/aromatic N) is 12. The Labute approximate surface area is 706 Å². The van der Waals surface area contributed by atoms with E-state index in [0.717, 1.165) is 0 Å². The number of rotatable bonds is 38. The summed E-state index contributed by atoms with van der Waals surface area (Å²) >= 11 is 0. The minimum absolute atomic E-state index is 0.137. The first-order valence-electron chi connectivity index (χ1n) is 38.9. The summed E-state index contributed by atoms with van der Waals surface area (Å²) in [6.45, 7) is -5.77. The molecular formula is C75H94N16O34. The van der Waals surface area contributed by atoms with Crippen LogP contribution in [0.15, 0.2) is 122 Å². The number of amides is 4. The first kappa shape index (κ1) is 92.2. The quantitative estimate of drug-likeness (QED) is 0.0171. The summed E-state index contributed by atoms with van der Waals surface area (Å²) in [6, 6.07) is 23.3. The van der Waals surface area contributed by atoms with Gasteiger partial charge in [-0.15, -0.1) is 20.4 Å². The summed E-state index contributed by atoms with van der Waals surface area (Å²) < 4.78 is 88.2. The maximum absolute atomic E-state index is 13.5. The van der Waals surface area contributed by atoms with E-state index in [9.17, 15) is 101 Å². The van der Waals surface area contributed by atoms with E-state index in [-0.39, 0.29) is 105 Å². The third kappa shape index (κ3) is 23.6. The predicted octanol–water partition coefficient (Wildman–Crippen LogP) is -8.03. The molecule has 5 saturated heterocycles. The zero-order valence-electron chi connectivity index (χ0n) is 66.0. The van der Waals surface area contributed by atoms with Crippen LogP contribution >= 0.6 is 0 Å². The van der Waals surface area contributed by atoms with Crippen molar-refractivity contribution >= 4 is 46.4 Å². The first-order valence-corrected chi connectivity index (χ1v) is 38.9. The molecule has 5 fully saturated rings. The van der Waals surface area contributed by atoms with E-state index in [1.165, 1.54) is 148 Å². The van der Waals surface area contributed by atoms with Crippen LogP contribution in [0, 0.1) is 0 Å². The second-order valence-corrected chi connectivity index (χ2v) is 29.3. The minimum Gasteiger partial charge on any atom is -0.462 e. The van der Waals surface area contributed by atoms with Crippen molar-refractivity contribution in [2.45, 2.75) is 206 Å². The molecule has 25 atom stereocenters. The zero-order chi connectivity index (χ0) is 88.7. The van der Waals surface area contributed by atoms with E-state index in [4.69, 9.17) is 66.3 Å². The standard InChI is InChI=1S/C75H94N16O34/c1-112-75-70(116-33-42-21-91(87-83-42)25-55(99)79-38-8-16-46(17-9-38)120-74-67(111)63(107)59(103)50(29-95)124-74)69(115-32-41-20-90(86-82-41)24-54(98)78-37-6-14-45(15-7-37)119-73-66(110)62(106)58(102)49(28-94)123-73)68(114-31-40-19-89(85-81-40)23-53(97)77-36-4-12-44(13-5-36)118-72-65(109)61(105)57(101)48(27-93)122-72)51(125-75)34-113-30-39-18-88(84-80-39)22-52(96)76-35-2-10-43(11-3-35)117-71-64(108)60(104)56(100)47(26-92)121-71/h2-21,47-51,56-75,92-95,100-111H,22-34H2,1H3,(H,76,96)(H,77,97)(H,78,98)(H,79,99)/t47-,48-,49-,50-,51-,56+,57+,58+,59+,60+,61+,62+,63+,64-,65-,66-,67-,68-,69+,70-,71-,72-,73-,74-,75+/m1/s1. The number of aromatic nitrogens is 12. The molecule has 0 aliphatic carbocycles. The van der Waals surface area contributed by atoms with Gasteiger partial charge in [0, 0.05) is 29.9 Å². The van der Waals surface area contributed by atoms with E-state index in [1.807, 2.05) is 0 Å². The fourth-order valence-corrected chi connectivity index (χ4v) is 13.6. The van der Waals surface area contributed by atoms with Gasteiger partial charge >= 0.3 is 0 Å². The van der Waals surface area contributed by atoms with E-state index in [0.29, 0.717) is 22.7 Å². The van der Waals surface area contributed by atoms with Crippen molar-refractivity contribution in [3.05, 3.63) is 145 Å². The van der Waals surface area contributed by atoms with Crippen LogP contribution in [0.1, 0.15) is 22.8 Å². The topological polar surface area (TPSA) is 692 Å². The molecule has 678 valence electrons. The number of methoxy groups -OCH3 is 1. The first-order chi connectivity index (χ1) is 60.2. The summed E-state index contributed by atoms with van der Waals surface area (Å²) in [4.78, 5) is 53.9. The Morgan fingerprint density at radius 3 is 0.832 bits per heavy atom. The molecule has 8 aromatic rings. The molecule has 125 heavy (non-hydrogen) atoms. The number of carbonyl (C=O) groups is 4. The third-order valence-electron chi connectivity index (χ3n) is 20.1. The number of nitrogens with one attached hydrogen (secondary N) is 4. The highest BCUT2D eigenvalue weighted by Crippen LogP contribution is 2.34. The molecule has 0 saturated carbocycles. The SMILES string of the molecule is CO[C@H]1O[C@H](COCc2cn(CC(=O)Nc3ccc(O[C@@H]4O[C@H](CO)[C@H](O)[C@H](O)[C@H]4O)cc3)nn2)[C@@H](OCc2cn(CC(=O)Nc3ccc(O[C@@H]4O[C@H](CO)[C@H](O)[C@H](O)[C@H]4O)cc3)nn2)[C@H](OCc2cn(CC(=O)Nc3ccc(O[C@@H]4O[C@H](CO)[C@H](O)[C@H](O)[C@H]4O)cc3)nn2)[C@H]1OCc1cn(CC(=O)Nc2ccc(O[C@@H]3O[C@H](CO)[C@H](O)[C@H](O)[C@H]3O)cc2)nn1. The predicted molar refractivity (Wildman–Crippen MR) is 409 cm³/mol. The second-order valence-electron chi connectivity index (χ2n) is 29.3. The Kier molecular flexibility index (Phi) is 31.4.